The highest BCUT2D eigenvalue weighted by atomic mass is 35.5. The molecule has 0 N–H and O–H groups in total. The molecule has 1 saturated heterocycles. The summed E-state index contributed by atoms with van der Waals surface area (Å²) in [7, 11) is 0. The normalized spacial score (nSPS) is 14.2. The van der Waals surface area contributed by atoms with Crippen molar-refractivity contribution < 1.29 is 4.79 Å². The average molecular weight is 403 g/mol. The number of amides is 1. The number of benzene rings is 1. The molecule has 1 aliphatic heterocycles. The fourth-order valence-electron chi connectivity index (χ4n) is 3.57. The first kappa shape index (κ1) is 18.3. The highest BCUT2D eigenvalue weighted by Crippen LogP contribution is 2.29. The lowest BCUT2D eigenvalue weighted by Gasteiger charge is -2.16. The van der Waals surface area contributed by atoms with E-state index in [1.54, 1.807) is 12.3 Å². The molecule has 5 nitrogen and oxygen atoms in total. The monoisotopic (exact) mass is 402 g/mol. The summed E-state index contributed by atoms with van der Waals surface area (Å²) in [5, 5.41) is 0.971. The summed E-state index contributed by atoms with van der Waals surface area (Å²) in [4.78, 5) is 23.4. The molecule has 3 aromatic rings. The van der Waals surface area contributed by atoms with Crippen molar-refractivity contribution in [1.82, 2.24) is 19.4 Å². The van der Waals surface area contributed by atoms with Gasteiger partial charge in [0.2, 0.25) is 5.91 Å². The minimum absolute atomic E-state index is 0.196. The zero-order valence-corrected chi connectivity index (χ0v) is 16.4. The van der Waals surface area contributed by atoms with Crippen LogP contribution in [0.3, 0.4) is 0 Å². The molecule has 0 bridgehead atoms. The Morgan fingerprint density at radius 1 is 1.15 bits per heavy atom. The minimum Gasteiger partial charge on any atom is -0.343 e. The number of fused-ring (bicyclic) bond motifs is 1. The second kappa shape index (κ2) is 7.87. The van der Waals surface area contributed by atoms with Gasteiger partial charge in [0.1, 0.15) is 5.82 Å². The Labute approximate surface area is 167 Å². The first-order chi connectivity index (χ1) is 13.1. The Morgan fingerprint density at radius 2 is 1.93 bits per heavy atom. The van der Waals surface area contributed by atoms with Crippen LogP contribution in [0.5, 0.6) is 0 Å². The highest BCUT2D eigenvalue weighted by Gasteiger charge is 2.19. The maximum atomic E-state index is 12.5. The van der Waals surface area contributed by atoms with Crippen LogP contribution in [0.4, 0.5) is 0 Å². The summed E-state index contributed by atoms with van der Waals surface area (Å²) in [6.07, 6.45) is 6.86. The first-order valence-electron chi connectivity index (χ1n) is 9.12. The number of carbonyl (C=O) groups is 1. The van der Waals surface area contributed by atoms with Crippen molar-refractivity contribution in [1.29, 1.82) is 0 Å². The SMILES string of the molecule is O=C(CCn1c(Cc2cccnc2)nc2cc(Cl)c(Cl)cc21)N1CCCC1. The lowest BCUT2D eigenvalue weighted by atomic mass is 10.2. The van der Waals surface area contributed by atoms with Gasteiger partial charge in [-0.25, -0.2) is 4.98 Å². The van der Waals surface area contributed by atoms with Gasteiger partial charge < -0.3 is 9.47 Å². The van der Waals surface area contributed by atoms with E-state index in [1.165, 1.54) is 0 Å². The molecule has 4 rings (SSSR count). The van der Waals surface area contributed by atoms with Crippen molar-refractivity contribution in [2.24, 2.45) is 0 Å². The van der Waals surface area contributed by atoms with Gasteiger partial charge in [0.05, 0.1) is 21.1 Å². The second-order valence-corrected chi connectivity index (χ2v) is 7.63. The molecule has 27 heavy (non-hydrogen) atoms. The predicted molar refractivity (Wildman–Crippen MR) is 107 cm³/mol. The van der Waals surface area contributed by atoms with E-state index in [-0.39, 0.29) is 5.91 Å². The van der Waals surface area contributed by atoms with Gasteiger partial charge in [-0.15, -0.1) is 0 Å². The third-order valence-corrected chi connectivity index (χ3v) is 5.68. The molecule has 0 spiro atoms. The summed E-state index contributed by atoms with van der Waals surface area (Å²) in [5.41, 5.74) is 2.76. The lowest BCUT2D eigenvalue weighted by molar-refractivity contribution is -0.130. The fourth-order valence-corrected chi connectivity index (χ4v) is 3.89. The quantitative estimate of drug-likeness (QED) is 0.637. The Kier molecular flexibility index (Phi) is 5.32. The molecule has 1 amide bonds. The van der Waals surface area contributed by atoms with E-state index in [0.29, 0.717) is 29.4 Å². The molecule has 1 aliphatic rings. The van der Waals surface area contributed by atoms with Crippen LogP contribution in [-0.4, -0.2) is 38.4 Å². The lowest BCUT2D eigenvalue weighted by Crippen LogP contribution is -2.28. The molecule has 1 fully saturated rings. The van der Waals surface area contributed by atoms with Crippen molar-refractivity contribution in [2.45, 2.75) is 32.2 Å². The third-order valence-electron chi connectivity index (χ3n) is 4.96. The van der Waals surface area contributed by atoms with Crippen LogP contribution in [0.1, 0.15) is 30.7 Å². The van der Waals surface area contributed by atoms with Crippen molar-refractivity contribution >= 4 is 40.1 Å². The van der Waals surface area contributed by atoms with Crippen molar-refractivity contribution in [3.63, 3.8) is 0 Å². The van der Waals surface area contributed by atoms with Gasteiger partial charge >= 0.3 is 0 Å². The van der Waals surface area contributed by atoms with Crippen LogP contribution in [0.25, 0.3) is 11.0 Å². The molecule has 1 aromatic carbocycles. The minimum atomic E-state index is 0.196. The highest BCUT2D eigenvalue weighted by molar-refractivity contribution is 6.42. The Balaban J connectivity index is 1.65. The van der Waals surface area contributed by atoms with Crippen molar-refractivity contribution in [3.05, 3.63) is 58.1 Å². The number of carbonyl (C=O) groups excluding carboxylic acids is 1. The van der Waals surface area contributed by atoms with E-state index in [2.05, 4.69) is 9.55 Å². The van der Waals surface area contributed by atoms with Crippen LogP contribution in [0, 0.1) is 0 Å². The van der Waals surface area contributed by atoms with Crippen molar-refractivity contribution in [3.8, 4) is 0 Å². The summed E-state index contributed by atoms with van der Waals surface area (Å²) < 4.78 is 2.08. The van der Waals surface area contributed by atoms with E-state index in [0.717, 1.165) is 48.4 Å². The Morgan fingerprint density at radius 3 is 2.67 bits per heavy atom. The number of aromatic nitrogens is 3. The van der Waals surface area contributed by atoms with Crippen LogP contribution >= 0.6 is 23.2 Å². The van der Waals surface area contributed by atoms with Crippen LogP contribution < -0.4 is 0 Å². The molecular formula is C20H20Cl2N4O. The molecule has 2 aromatic heterocycles. The zero-order chi connectivity index (χ0) is 18.8. The molecule has 0 radical (unpaired) electrons. The molecule has 3 heterocycles. The number of pyridine rings is 1. The van der Waals surface area contributed by atoms with Gasteiger partial charge in [-0.2, -0.15) is 0 Å². The molecule has 140 valence electrons. The Bertz CT molecular complexity index is 965. The predicted octanol–water partition coefficient (Wildman–Crippen LogP) is 4.34. The van der Waals surface area contributed by atoms with Crippen LogP contribution in [-0.2, 0) is 17.8 Å². The largest absolute Gasteiger partial charge is 0.343 e. The number of aryl methyl sites for hydroxylation is 1. The third kappa shape index (κ3) is 3.94. The van der Waals surface area contributed by atoms with Gasteiger partial charge in [-0.05, 0) is 36.6 Å². The van der Waals surface area contributed by atoms with Gasteiger partial charge in [0.25, 0.3) is 0 Å². The summed E-state index contributed by atoms with van der Waals surface area (Å²) in [5.74, 6) is 1.08. The van der Waals surface area contributed by atoms with Gasteiger partial charge in [0.15, 0.2) is 0 Å². The molecule has 0 atom stereocenters. The maximum Gasteiger partial charge on any atom is 0.224 e. The second-order valence-electron chi connectivity index (χ2n) is 6.81. The molecule has 0 unspecified atom stereocenters. The van der Waals surface area contributed by atoms with Gasteiger partial charge in [0, 0.05) is 44.9 Å². The first-order valence-corrected chi connectivity index (χ1v) is 9.88. The number of imidazole rings is 1. The summed E-state index contributed by atoms with van der Waals surface area (Å²) in [6.45, 7) is 2.31. The number of likely N-dealkylation sites (tertiary alicyclic amines) is 1. The summed E-state index contributed by atoms with van der Waals surface area (Å²) in [6, 6.07) is 7.54. The molecule has 0 aliphatic carbocycles. The molecule has 0 saturated carbocycles. The average Bonchev–Trinajstić information content (AvgIpc) is 3.30. The van der Waals surface area contributed by atoms with Gasteiger partial charge in [-0.3, -0.25) is 9.78 Å². The van der Waals surface area contributed by atoms with Crippen LogP contribution in [0.2, 0.25) is 10.0 Å². The van der Waals surface area contributed by atoms with Gasteiger partial charge in [-0.1, -0.05) is 29.3 Å². The van der Waals surface area contributed by atoms with Crippen molar-refractivity contribution in [2.75, 3.05) is 13.1 Å². The number of hydrogen-bond donors (Lipinski definition) is 0. The number of nitrogens with zero attached hydrogens (tertiary/aromatic N) is 4. The Hall–Kier alpha value is -2.11. The summed E-state index contributed by atoms with van der Waals surface area (Å²) >= 11 is 12.4. The van der Waals surface area contributed by atoms with E-state index >= 15 is 0 Å². The van der Waals surface area contributed by atoms with E-state index in [1.807, 2.05) is 29.3 Å². The number of halogens is 2. The van der Waals surface area contributed by atoms with Crippen LogP contribution in [0.15, 0.2) is 36.7 Å². The number of hydrogen-bond acceptors (Lipinski definition) is 3. The van der Waals surface area contributed by atoms with E-state index in [9.17, 15) is 4.79 Å². The molecule has 7 heteroatoms. The maximum absolute atomic E-state index is 12.5. The standard InChI is InChI=1S/C20H20Cl2N4O/c21-15-11-17-18(12-16(15)22)26(9-5-20(27)25-7-1-2-8-25)19(24-17)10-14-4-3-6-23-13-14/h3-4,6,11-13H,1-2,5,7-10H2. The number of rotatable bonds is 5. The van der Waals surface area contributed by atoms with E-state index in [4.69, 9.17) is 28.2 Å². The van der Waals surface area contributed by atoms with E-state index < -0.39 is 0 Å². The fraction of sp³-hybridized carbons (Fsp3) is 0.350. The topological polar surface area (TPSA) is 51.0 Å². The smallest absolute Gasteiger partial charge is 0.224 e. The molecular weight excluding hydrogens is 383 g/mol. The zero-order valence-electron chi connectivity index (χ0n) is 14.9.